The van der Waals surface area contributed by atoms with Gasteiger partial charge in [-0.05, 0) is 18.2 Å². The number of carbonyl (C=O) groups excluding carboxylic acids is 1. The number of rotatable bonds is 5. The molecule has 10 heteroatoms. The summed E-state index contributed by atoms with van der Waals surface area (Å²) in [6.07, 6.45) is -1.54. The zero-order valence-corrected chi connectivity index (χ0v) is 14.5. The van der Waals surface area contributed by atoms with Gasteiger partial charge in [0.2, 0.25) is 5.69 Å². The zero-order valence-electron chi connectivity index (χ0n) is 14.5. The van der Waals surface area contributed by atoms with Crippen LogP contribution >= 0.6 is 0 Å². The molecule has 1 aromatic heterocycles. The van der Waals surface area contributed by atoms with Crippen LogP contribution in [0, 0.1) is 11.3 Å². The van der Waals surface area contributed by atoms with E-state index in [9.17, 15) is 18.0 Å². The molecular formula is C18H15F3N4O3. The number of hydrogen-bond acceptors (Lipinski definition) is 6. The molecule has 0 aliphatic carbocycles. The molecule has 146 valence electrons. The van der Waals surface area contributed by atoms with Gasteiger partial charge >= 0.3 is 6.18 Å². The molecule has 1 atom stereocenters. The lowest BCUT2D eigenvalue weighted by Gasteiger charge is -2.17. The van der Waals surface area contributed by atoms with Gasteiger partial charge in [0.15, 0.2) is 6.61 Å². The summed E-state index contributed by atoms with van der Waals surface area (Å²) in [5.41, 5.74) is -0.787. The van der Waals surface area contributed by atoms with Crippen molar-refractivity contribution in [1.29, 1.82) is 5.26 Å². The predicted molar refractivity (Wildman–Crippen MR) is 89.3 cm³/mol. The van der Waals surface area contributed by atoms with Crippen molar-refractivity contribution in [2.75, 3.05) is 19.7 Å². The Morgan fingerprint density at radius 2 is 2.11 bits per heavy atom. The van der Waals surface area contributed by atoms with E-state index in [0.717, 1.165) is 12.1 Å². The molecule has 1 fully saturated rings. The number of carbonyl (C=O) groups is 1. The average Bonchev–Trinajstić information content (AvgIpc) is 3.15. The number of nitriles is 1. The summed E-state index contributed by atoms with van der Waals surface area (Å²) >= 11 is 0. The van der Waals surface area contributed by atoms with E-state index in [4.69, 9.17) is 14.7 Å². The highest BCUT2D eigenvalue weighted by Gasteiger charge is 2.31. The Hall–Kier alpha value is -3.35. The minimum Gasteiger partial charge on any atom is -0.484 e. The highest BCUT2D eigenvalue weighted by molar-refractivity contribution is 5.78. The highest BCUT2D eigenvalue weighted by Crippen LogP contribution is 2.31. The monoisotopic (exact) mass is 392 g/mol. The molecule has 2 aromatic rings. The second kappa shape index (κ2) is 8.12. The summed E-state index contributed by atoms with van der Waals surface area (Å²) < 4.78 is 49.0. The number of alkyl halides is 3. The van der Waals surface area contributed by atoms with E-state index < -0.39 is 11.7 Å². The van der Waals surface area contributed by atoms with Crippen LogP contribution < -0.4 is 9.47 Å². The fourth-order valence-electron chi connectivity index (χ4n) is 2.70. The van der Waals surface area contributed by atoms with Gasteiger partial charge in [-0.3, -0.25) is 4.79 Å². The SMILES string of the molecule is N#Cc1nccnc1O[C@@H]1CCN(C(=O)COc2cccc(C(F)(F)F)c2)C1. The molecule has 1 aromatic carbocycles. The number of nitrogens with zero attached hydrogens (tertiary/aromatic N) is 4. The molecule has 1 aliphatic heterocycles. The third-order valence-electron chi connectivity index (χ3n) is 4.07. The Morgan fingerprint density at radius 3 is 2.86 bits per heavy atom. The van der Waals surface area contributed by atoms with Gasteiger partial charge in [-0.25, -0.2) is 9.97 Å². The van der Waals surface area contributed by atoms with Crippen molar-refractivity contribution in [3.63, 3.8) is 0 Å². The quantitative estimate of drug-likeness (QED) is 0.777. The Kier molecular flexibility index (Phi) is 5.63. The normalized spacial score (nSPS) is 16.5. The van der Waals surface area contributed by atoms with Gasteiger partial charge in [0.25, 0.3) is 11.8 Å². The van der Waals surface area contributed by atoms with Crippen LogP contribution in [0.15, 0.2) is 36.7 Å². The minimum atomic E-state index is -4.48. The van der Waals surface area contributed by atoms with E-state index in [2.05, 4.69) is 9.97 Å². The summed E-state index contributed by atoms with van der Waals surface area (Å²) in [7, 11) is 0. The first-order chi connectivity index (χ1) is 13.4. The maximum atomic E-state index is 12.7. The fourth-order valence-corrected chi connectivity index (χ4v) is 2.70. The van der Waals surface area contributed by atoms with E-state index in [-0.39, 0.29) is 42.5 Å². The standard InChI is InChI=1S/C18H15F3N4O3/c19-18(20,21)12-2-1-3-13(8-12)27-11-16(26)25-7-4-14(10-25)28-17-15(9-22)23-5-6-24-17/h1-3,5-6,8,14H,4,7,10-11H2/t14-/m1/s1. The molecule has 0 saturated carbocycles. The Balaban J connectivity index is 1.53. The summed E-state index contributed by atoms with van der Waals surface area (Å²) in [6, 6.07) is 6.23. The maximum Gasteiger partial charge on any atom is 0.416 e. The van der Waals surface area contributed by atoms with E-state index in [1.165, 1.54) is 29.4 Å². The third kappa shape index (κ3) is 4.68. The van der Waals surface area contributed by atoms with Gasteiger partial charge in [0, 0.05) is 25.4 Å². The van der Waals surface area contributed by atoms with Crippen molar-refractivity contribution in [3.05, 3.63) is 47.9 Å². The van der Waals surface area contributed by atoms with Crippen molar-refractivity contribution in [2.24, 2.45) is 0 Å². The maximum absolute atomic E-state index is 12.7. The van der Waals surface area contributed by atoms with E-state index in [0.29, 0.717) is 13.0 Å². The summed E-state index contributed by atoms with van der Waals surface area (Å²) in [5.74, 6) is -0.305. The second-order valence-electron chi connectivity index (χ2n) is 6.00. The topological polar surface area (TPSA) is 88.3 Å². The van der Waals surface area contributed by atoms with Gasteiger partial charge in [-0.2, -0.15) is 18.4 Å². The number of halogens is 3. The molecule has 0 radical (unpaired) electrons. The van der Waals surface area contributed by atoms with Crippen molar-refractivity contribution >= 4 is 5.91 Å². The van der Waals surface area contributed by atoms with Gasteiger partial charge in [-0.1, -0.05) is 6.07 Å². The Labute approximate surface area is 158 Å². The van der Waals surface area contributed by atoms with Crippen LogP contribution in [0.5, 0.6) is 11.6 Å². The van der Waals surface area contributed by atoms with Gasteiger partial charge in [0.05, 0.1) is 12.1 Å². The molecule has 28 heavy (non-hydrogen) atoms. The molecule has 1 saturated heterocycles. The summed E-state index contributed by atoms with van der Waals surface area (Å²) in [5, 5.41) is 9.00. The Bertz CT molecular complexity index is 898. The van der Waals surface area contributed by atoms with Crippen LogP contribution in [0.2, 0.25) is 0 Å². The number of aromatic nitrogens is 2. The molecule has 0 bridgehead atoms. The summed E-state index contributed by atoms with van der Waals surface area (Å²) in [6.45, 7) is 0.270. The minimum absolute atomic E-state index is 0.0339. The third-order valence-corrected chi connectivity index (χ3v) is 4.07. The number of amides is 1. The summed E-state index contributed by atoms with van der Waals surface area (Å²) in [4.78, 5) is 21.6. The number of hydrogen-bond donors (Lipinski definition) is 0. The molecule has 1 amide bonds. The molecule has 2 heterocycles. The first-order valence-corrected chi connectivity index (χ1v) is 8.32. The Morgan fingerprint density at radius 1 is 1.32 bits per heavy atom. The lowest BCUT2D eigenvalue weighted by Crippen LogP contribution is -2.34. The predicted octanol–water partition coefficient (Wildman–Crippen LogP) is 2.43. The first kappa shape index (κ1) is 19.4. The van der Waals surface area contributed by atoms with Crippen molar-refractivity contribution in [1.82, 2.24) is 14.9 Å². The zero-order chi connectivity index (χ0) is 20.1. The van der Waals surface area contributed by atoms with E-state index >= 15 is 0 Å². The molecule has 0 spiro atoms. The van der Waals surface area contributed by atoms with Crippen LogP contribution in [-0.2, 0) is 11.0 Å². The van der Waals surface area contributed by atoms with Crippen LogP contribution in [0.4, 0.5) is 13.2 Å². The lowest BCUT2D eigenvalue weighted by atomic mass is 10.2. The average molecular weight is 392 g/mol. The lowest BCUT2D eigenvalue weighted by molar-refractivity contribution is -0.137. The van der Waals surface area contributed by atoms with Crippen molar-refractivity contribution in [3.8, 4) is 17.7 Å². The molecule has 7 nitrogen and oxygen atoms in total. The fraction of sp³-hybridized carbons (Fsp3) is 0.333. The number of likely N-dealkylation sites (tertiary alicyclic amines) is 1. The van der Waals surface area contributed by atoms with E-state index in [1.807, 2.05) is 6.07 Å². The number of benzene rings is 1. The van der Waals surface area contributed by atoms with Crippen LogP contribution in [-0.4, -0.2) is 46.6 Å². The van der Waals surface area contributed by atoms with Crippen LogP contribution in [0.1, 0.15) is 17.7 Å². The van der Waals surface area contributed by atoms with Crippen LogP contribution in [0.25, 0.3) is 0 Å². The number of ether oxygens (including phenoxy) is 2. The van der Waals surface area contributed by atoms with Gasteiger partial charge in [-0.15, -0.1) is 0 Å². The first-order valence-electron chi connectivity index (χ1n) is 8.32. The highest BCUT2D eigenvalue weighted by atomic mass is 19.4. The van der Waals surface area contributed by atoms with Gasteiger partial charge < -0.3 is 14.4 Å². The molecule has 0 unspecified atom stereocenters. The second-order valence-corrected chi connectivity index (χ2v) is 6.00. The molecular weight excluding hydrogens is 377 g/mol. The van der Waals surface area contributed by atoms with Crippen LogP contribution in [0.3, 0.4) is 0 Å². The molecule has 1 aliphatic rings. The van der Waals surface area contributed by atoms with E-state index in [1.54, 1.807) is 0 Å². The largest absolute Gasteiger partial charge is 0.484 e. The molecule has 0 N–H and O–H groups in total. The van der Waals surface area contributed by atoms with Crippen molar-refractivity contribution < 1.29 is 27.4 Å². The van der Waals surface area contributed by atoms with Gasteiger partial charge in [0.1, 0.15) is 17.9 Å². The smallest absolute Gasteiger partial charge is 0.416 e. The molecule has 3 rings (SSSR count). The van der Waals surface area contributed by atoms with Crippen molar-refractivity contribution in [2.45, 2.75) is 18.7 Å².